The molecule has 0 radical (unpaired) electrons. The summed E-state index contributed by atoms with van der Waals surface area (Å²) in [5, 5.41) is 0. The summed E-state index contributed by atoms with van der Waals surface area (Å²) in [6, 6.07) is 1.55. The molecule has 1 rings (SSSR count). The van der Waals surface area contributed by atoms with Gasteiger partial charge in [0, 0.05) is 6.07 Å². The number of ether oxygens (including phenoxy) is 4. The van der Waals surface area contributed by atoms with Crippen molar-refractivity contribution in [3.8, 4) is 17.2 Å². The van der Waals surface area contributed by atoms with Crippen molar-refractivity contribution in [1.82, 2.24) is 0 Å². The first-order valence-electron chi connectivity index (χ1n) is 5.36. The van der Waals surface area contributed by atoms with Crippen molar-refractivity contribution in [2.75, 3.05) is 33.7 Å². The van der Waals surface area contributed by atoms with Gasteiger partial charge in [0.15, 0.2) is 11.5 Å². The van der Waals surface area contributed by atoms with Gasteiger partial charge in [0.1, 0.15) is 11.3 Å². The lowest BCUT2D eigenvalue weighted by atomic mass is 10.1. The predicted molar refractivity (Wildman–Crippen MR) is 66.5 cm³/mol. The Kier molecular flexibility index (Phi) is 4.65. The van der Waals surface area contributed by atoms with Crippen molar-refractivity contribution in [3.05, 3.63) is 11.6 Å². The van der Waals surface area contributed by atoms with Crippen molar-refractivity contribution in [1.29, 1.82) is 0 Å². The summed E-state index contributed by atoms with van der Waals surface area (Å²) in [5.74, 6) is 0.334. The summed E-state index contributed by atoms with van der Waals surface area (Å²) >= 11 is 0. The quantitative estimate of drug-likeness (QED) is 0.634. The van der Waals surface area contributed by atoms with Crippen LogP contribution in [0.1, 0.15) is 17.3 Å². The maximum absolute atomic E-state index is 11.9. The zero-order valence-electron chi connectivity index (χ0n) is 10.9. The lowest BCUT2D eigenvalue weighted by Gasteiger charge is -2.16. The van der Waals surface area contributed by atoms with Gasteiger partial charge in [-0.15, -0.1) is 0 Å². The van der Waals surface area contributed by atoms with Crippen LogP contribution in [0, 0.1) is 0 Å². The van der Waals surface area contributed by atoms with Crippen LogP contribution < -0.4 is 19.9 Å². The third kappa shape index (κ3) is 2.42. The predicted octanol–water partition coefficient (Wildman–Crippen LogP) is 1.47. The largest absolute Gasteiger partial charge is 0.494 e. The maximum Gasteiger partial charge on any atom is 0.344 e. The van der Waals surface area contributed by atoms with Crippen molar-refractivity contribution in [3.63, 3.8) is 0 Å². The number of methoxy groups -OCH3 is 3. The van der Waals surface area contributed by atoms with E-state index in [1.165, 1.54) is 21.3 Å². The fraction of sp³-hybridized carbons (Fsp3) is 0.417. The SMILES string of the molecule is CCOC(=O)c1c(N)c(OC)cc(OC)c1OC. The van der Waals surface area contributed by atoms with Crippen molar-refractivity contribution in [2.24, 2.45) is 0 Å². The van der Waals surface area contributed by atoms with E-state index < -0.39 is 5.97 Å². The van der Waals surface area contributed by atoms with Crippen LogP contribution in [0.5, 0.6) is 17.2 Å². The van der Waals surface area contributed by atoms with Gasteiger partial charge in [-0.3, -0.25) is 0 Å². The number of hydrogen-bond donors (Lipinski definition) is 1. The van der Waals surface area contributed by atoms with Crippen molar-refractivity contribution in [2.45, 2.75) is 6.92 Å². The molecular weight excluding hydrogens is 238 g/mol. The fourth-order valence-corrected chi connectivity index (χ4v) is 1.56. The number of esters is 1. The summed E-state index contributed by atoms with van der Waals surface area (Å²) in [7, 11) is 4.33. The number of anilines is 1. The Hall–Kier alpha value is -2.11. The van der Waals surface area contributed by atoms with Crippen molar-refractivity contribution >= 4 is 11.7 Å². The van der Waals surface area contributed by atoms with Gasteiger partial charge in [0.25, 0.3) is 0 Å². The Balaban J connectivity index is 3.47. The van der Waals surface area contributed by atoms with E-state index in [9.17, 15) is 4.79 Å². The van der Waals surface area contributed by atoms with Gasteiger partial charge in [-0.05, 0) is 6.92 Å². The van der Waals surface area contributed by atoms with Crippen LogP contribution >= 0.6 is 0 Å². The van der Waals surface area contributed by atoms with Crippen LogP contribution in [-0.4, -0.2) is 33.9 Å². The molecule has 0 heterocycles. The Morgan fingerprint density at radius 2 is 1.78 bits per heavy atom. The average Bonchev–Trinajstić information content (AvgIpc) is 2.38. The first-order chi connectivity index (χ1) is 8.60. The number of rotatable bonds is 5. The molecule has 100 valence electrons. The van der Waals surface area contributed by atoms with E-state index in [0.717, 1.165) is 0 Å². The zero-order valence-corrected chi connectivity index (χ0v) is 10.9. The highest BCUT2D eigenvalue weighted by Gasteiger charge is 2.24. The summed E-state index contributed by atoms with van der Waals surface area (Å²) in [5.41, 5.74) is 6.13. The molecule has 0 fully saturated rings. The molecule has 0 spiro atoms. The summed E-state index contributed by atoms with van der Waals surface area (Å²) in [6.45, 7) is 1.94. The summed E-state index contributed by atoms with van der Waals surface area (Å²) < 4.78 is 20.3. The summed E-state index contributed by atoms with van der Waals surface area (Å²) in [6.07, 6.45) is 0. The molecule has 18 heavy (non-hydrogen) atoms. The van der Waals surface area contributed by atoms with Gasteiger partial charge in [0.2, 0.25) is 0 Å². The Morgan fingerprint density at radius 3 is 2.22 bits per heavy atom. The minimum Gasteiger partial charge on any atom is -0.494 e. The first-order valence-corrected chi connectivity index (χ1v) is 5.36. The molecule has 0 amide bonds. The molecular formula is C12H17NO5. The Labute approximate surface area is 106 Å². The van der Waals surface area contributed by atoms with E-state index in [2.05, 4.69) is 0 Å². The number of carbonyl (C=O) groups is 1. The van der Waals surface area contributed by atoms with Crippen molar-refractivity contribution < 1.29 is 23.7 Å². The Bertz CT molecular complexity index is 445. The highest BCUT2D eigenvalue weighted by atomic mass is 16.5. The van der Waals surface area contributed by atoms with Crippen LogP contribution in [0.3, 0.4) is 0 Å². The van der Waals surface area contributed by atoms with Crippen LogP contribution in [0.25, 0.3) is 0 Å². The second kappa shape index (κ2) is 6.00. The van der Waals surface area contributed by atoms with Crippen LogP contribution in [0.15, 0.2) is 6.07 Å². The molecule has 0 aromatic heterocycles. The van der Waals surface area contributed by atoms with Crippen LogP contribution in [-0.2, 0) is 4.74 Å². The third-order valence-electron chi connectivity index (χ3n) is 2.37. The third-order valence-corrected chi connectivity index (χ3v) is 2.37. The number of nitrogens with two attached hydrogens (primary N) is 1. The molecule has 6 nitrogen and oxygen atoms in total. The highest BCUT2D eigenvalue weighted by Crippen LogP contribution is 2.41. The van der Waals surface area contributed by atoms with Gasteiger partial charge in [-0.2, -0.15) is 0 Å². The van der Waals surface area contributed by atoms with E-state index in [-0.39, 0.29) is 23.6 Å². The minimum atomic E-state index is -0.580. The molecule has 0 bridgehead atoms. The number of benzene rings is 1. The molecule has 0 saturated carbocycles. The van der Waals surface area contributed by atoms with Crippen LogP contribution in [0.2, 0.25) is 0 Å². The number of nitrogen functional groups attached to an aromatic ring is 1. The molecule has 1 aromatic rings. The molecule has 0 aliphatic heterocycles. The molecule has 0 aliphatic carbocycles. The van der Waals surface area contributed by atoms with E-state index in [4.69, 9.17) is 24.7 Å². The number of carbonyl (C=O) groups excluding carboxylic acids is 1. The smallest absolute Gasteiger partial charge is 0.344 e. The van der Waals surface area contributed by atoms with Gasteiger partial charge < -0.3 is 24.7 Å². The molecule has 0 unspecified atom stereocenters. The molecule has 2 N–H and O–H groups in total. The van der Waals surface area contributed by atoms with E-state index in [0.29, 0.717) is 11.5 Å². The molecule has 0 aliphatic rings. The monoisotopic (exact) mass is 255 g/mol. The Morgan fingerprint density at radius 1 is 1.17 bits per heavy atom. The van der Waals surface area contributed by atoms with E-state index in [1.54, 1.807) is 13.0 Å². The fourth-order valence-electron chi connectivity index (χ4n) is 1.56. The molecule has 6 heteroatoms. The lowest BCUT2D eigenvalue weighted by Crippen LogP contribution is -2.12. The normalized spacial score (nSPS) is 9.78. The first kappa shape index (κ1) is 14.0. The highest BCUT2D eigenvalue weighted by molar-refractivity contribution is 6.00. The topological polar surface area (TPSA) is 80.0 Å². The standard InChI is InChI=1S/C12H17NO5/c1-5-18-12(14)9-10(13)7(15-2)6-8(16-3)11(9)17-4/h6H,5,13H2,1-4H3. The molecule has 0 saturated heterocycles. The van der Waals surface area contributed by atoms with Gasteiger partial charge in [-0.1, -0.05) is 0 Å². The molecule has 0 atom stereocenters. The van der Waals surface area contributed by atoms with Crippen LogP contribution in [0.4, 0.5) is 5.69 Å². The molecule has 1 aromatic carbocycles. The van der Waals surface area contributed by atoms with Gasteiger partial charge >= 0.3 is 5.97 Å². The lowest BCUT2D eigenvalue weighted by molar-refractivity contribution is 0.0523. The van der Waals surface area contributed by atoms with Gasteiger partial charge in [0.05, 0.1) is 33.6 Å². The zero-order chi connectivity index (χ0) is 13.7. The minimum absolute atomic E-state index is 0.107. The van der Waals surface area contributed by atoms with E-state index in [1.807, 2.05) is 0 Å². The van der Waals surface area contributed by atoms with Gasteiger partial charge in [-0.25, -0.2) is 4.79 Å². The second-order valence-corrected chi connectivity index (χ2v) is 3.32. The average molecular weight is 255 g/mol. The van der Waals surface area contributed by atoms with E-state index >= 15 is 0 Å². The second-order valence-electron chi connectivity index (χ2n) is 3.32. The maximum atomic E-state index is 11.9. The number of hydrogen-bond acceptors (Lipinski definition) is 6. The summed E-state index contributed by atoms with van der Waals surface area (Å²) in [4.78, 5) is 11.9.